The van der Waals surface area contributed by atoms with E-state index in [4.69, 9.17) is 9.68 Å². The average molecular weight is 608 g/mol. The number of hydrogen-bond acceptors (Lipinski definition) is 10. The second kappa shape index (κ2) is 14.2. The summed E-state index contributed by atoms with van der Waals surface area (Å²) in [7, 11) is 0. The van der Waals surface area contributed by atoms with Crippen LogP contribution in [0.3, 0.4) is 0 Å². The molecule has 1 aliphatic rings. The quantitative estimate of drug-likeness (QED) is 0.0892. The first-order chi connectivity index (χ1) is 21.0. The van der Waals surface area contributed by atoms with E-state index in [1.807, 2.05) is 6.92 Å². The Morgan fingerprint density at radius 1 is 0.841 bits per heavy atom. The highest BCUT2D eigenvalue weighted by Crippen LogP contribution is 2.41. The van der Waals surface area contributed by atoms with Crippen molar-refractivity contribution >= 4 is 56.5 Å². The molecule has 0 N–H and O–H groups in total. The Bertz CT molecular complexity index is 1670. The fraction of sp³-hybridized carbons (Fsp3) is 0.484. The number of carbonyl (C=O) groups excluding carboxylic acids is 2. The Morgan fingerprint density at radius 3 is 1.80 bits per heavy atom. The molecule has 4 rings (SSSR count). The van der Waals surface area contributed by atoms with E-state index >= 15 is 0 Å². The minimum atomic E-state index is -0.640. The zero-order chi connectivity index (χ0) is 32.0. The molecule has 0 radical (unpaired) electrons. The number of aromatic nitrogens is 1. The first kappa shape index (κ1) is 32.2. The van der Waals surface area contributed by atoms with Crippen molar-refractivity contribution in [2.45, 2.75) is 92.0 Å². The van der Waals surface area contributed by atoms with Gasteiger partial charge in [0.05, 0.1) is 21.3 Å². The monoisotopic (exact) mass is 607 g/mol. The molecule has 13 nitrogen and oxygen atoms in total. The van der Waals surface area contributed by atoms with Crippen LogP contribution in [0.4, 0.5) is 11.4 Å². The maximum absolute atomic E-state index is 12.5. The van der Waals surface area contributed by atoms with Crippen LogP contribution >= 0.6 is 0 Å². The third kappa shape index (κ3) is 7.09. The number of nitrogens with zero attached hydrogens (tertiary/aromatic N) is 5. The van der Waals surface area contributed by atoms with E-state index < -0.39 is 21.8 Å². The number of non-ortho nitro benzene ring substituents is 2. The number of oxime groups is 2. The third-order valence-corrected chi connectivity index (χ3v) is 7.93. The first-order valence-corrected chi connectivity index (χ1v) is 15.0. The highest BCUT2D eigenvalue weighted by Gasteiger charge is 2.29. The van der Waals surface area contributed by atoms with Gasteiger partial charge in [0.1, 0.15) is 11.0 Å². The van der Waals surface area contributed by atoms with Crippen molar-refractivity contribution in [1.29, 1.82) is 0 Å². The molecule has 1 saturated carbocycles. The van der Waals surface area contributed by atoms with Crippen LogP contribution in [0.2, 0.25) is 0 Å². The predicted octanol–water partition coefficient (Wildman–Crippen LogP) is 7.33. The summed E-state index contributed by atoms with van der Waals surface area (Å²) in [6.45, 7) is 6.37. The van der Waals surface area contributed by atoms with E-state index in [1.165, 1.54) is 32.4 Å². The van der Waals surface area contributed by atoms with Crippen LogP contribution in [0.25, 0.3) is 21.8 Å². The van der Waals surface area contributed by atoms with Gasteiger partial charge in [-0.3, -0.25) is 20.2 Å². The van der Waals surface area contributed by atoms with Crippen molar-refractivity contribution in [3.05, 3.63) is 55.6 Å². The number of hydrogen-bond donors (Lipinski definition) is 0. The molecule has 0 bridgehead atoms. The van der Waals surface area contributed by atoms with E-state index in [2.05, 4.69) is 10.3 Å². The number of carbonyl (C=O) groups is 2. The molecule has 0 unspecified atom stereocenters. The number of aryl methyl sites for hydroxylation is 1. The molecule has 1 aromatic heterocycles. The van der Waals surface area contributed by atoms with E-state index in [0.717, 1.165) is 32.1 Å². The smallest absolute Gasteiger partial charge is 0.329 e. The lowest BCUT2D eigenvalue weighted by molar-refractivity contribution is -0.383. The summed E-state index contributed by atoms with van der Waals surface area (Å²) in [6, 6.07) is 6.16. The Labute approximate surface area is 254 Å². The second-order valence-electron chi connectivity index (χ2n) is 11.1. The molecule has 1 fully saturated rings. The SMILES string of the molecule is CCCn1c2c([N+](=O)[O-])cc(/C(CC)=N/OC(C)=O)cc2c2cc(/C(CCC3CCCCC3)=N/OC(C)=O)cc([N+](=O)[O-])c21. The van der Waals surface area contributed by atoms with Crippen LogP contribution in [0.1, 0.15) is 96.6 Å². The maximum atomic E-state index is 12.5. The Balaban J connectivity index is 2.03. The molecule has 13 heteroatoms. The molecule has 0 spiro atoms. The molecule has 0 aliphatic heterocycles. The highest BCUT2D eigenvalue weighted by atomic mass is 16.7. The Kier molecular flexibility index (Phi) is 10.4. The molecule has 0 amide bonds. The summed E-state index contributed by atoms with van der Waals surface area (Å²) in [5.41, 5.74) is 1.42. The average Bonchev–Trinajstić information content (AvgIpc) is 3.30. The van der Waals surface area contributed by atoms with Crippen LogP contribution in [0.15, 0.2) is 34.6 Å². The lowest BCUT2D eigenvalue weighted by Gasteiger charge is -2.21. The van der Waals surface area contributed by atoms with Crippen LogP contribution in [0, 0.1) is 26.1 Å². The molecule has 1 aliphatic carbocycles. The van der Waals surface area contributed by atoms with Crippen LogP contribution < -0.4 is 0 Å². The zero-order valence-corrected chi connectivity index (χ0v) is 25.5. The maximum Gasteiger partial charge on any atom is 0.331 e. The van der Waals surface area contributed by atoms with Gasteiger partial charge in [0, 0.05) is 54.4 Å². The standard InChI is InChI=1S/C31H37N5O8/c1-5-14-34-30-24(15-22(17-28(30)35(39)40)26(6-2)32-43-19(3)37)25-16-23(18-29(31(25)34)36(41)42)27(33-44-20(4)38)13-12-21-10-8-7-9-11-21/h15-18,21H,5-14H2,1-4H3/b32-26+,33-27+. The molecule has 0 saturated heterocycles. The molecule has 3 aromatic rings. The molecule has 1 heterocycles. The molecule has 44 heavy (non-hydrogen) atoms. The van der Waals surface area contributed by atoms with Crippen molar-refractivity contribution in [3.63, 3.8) is 0 Å². The fourth-order valence-electron chi connectivity index (χ4n) is 6.01. The van der Waals surface area contributed by atoms with Gasteiger partial charge < -0.3 is 14.2 Å². The largest absolute Gasteiger partial charge is 0.331 e. The fourth-order valence-corrected chi connectivity index (χ4v) is 6.01. The summed E-state index contributed by atoms with van der Waals surface area (Å²) in [5, 5.41) is 33.8. The van der Waals surface area contributed by atoms with E-state index in [9.17, 15) is 29.8 Å². The summed E-state index contributed by atoms with van der Waals surface area (Å²) >= 11 is 0. The topological polar surface area (TPSA) is 169 Å². The normalized spacial score (nSPS) is 14.6. The third-order valence-electron chi connectivity index (χ3n) is 7.93. The highest BCUT2D eigenvalue weighted by molar-refractivity contribution is 6.18. The number of benzene rings is 2. The van der Waals surface area contributed by atoms with Gasteiger partial charge in [0.2, 0.25) is 0 Å². The first-order valence-electron chi connectivity index (χ1n) is 15.0. The van der Waals surface area contributed by atoms with Gasteiger partial charge in [-0.2, -0.15) is 0 Å². The van der Waals surface area contributed by atoms with Crippen molar-refractivity contribution in [3.8, 4) is 0 Å². The van der Waals surface area contributed by atoms with Gasteiger partial charge in [0.25, 0.3) is 11.4 Å². The van der Waals surface area contributed by atoms with Crippen LogP contribution in [-0.2, 0) is 25.8 Å². The molecular formula is C31H37N5O8. The number of nitro benzene ring substituents is 2. The summed E-state index contributed by atoms with van der Waals surface area (Å²) in [4.78, 5) is 57.0. The Morgan fingerprint density at radius 2 is 1.34 bits per heavy atom. The van der Waals surface area contributed by atoms with Crippen LogP contribution in [0.5, 0.6) is 0 Å². The predicted molar refractivity (Wildman–Crippen MR) is 166 cm³/mol. The van der Waals surface area contributed by atoms with Gasteiger partial charge in [-0.05, 0) is 43.7 Å². The molecule has 2 aromatic carbocycles. The van der Waals surface area contributed by atoms with Gasteiger partial charge in [0.15, 0.2) is 0 Å². The van der Waals surface area contributed by atoms with Gasteiger partial charge in [-0.25, -0.2) is 9.59 Å². The lowest BCUT2D eigenvalue weighted by atomic mass is 9.85. The summed E-state index contributed by atoms with van der Waals surface area (Å²) in [5.74, 6) is -0.778. The van der Waals surface area contributed by atoms with Gasteiger partial charge in [-0.1, -0.05) is 56.3 Å². The summed E-state index contributed by atoms with van der Waals surface area (Å²) in [6.07, 6.45) is 7.77. The number of rotatable bonds is 12. The van der Waals surface area contributed by atoms with Gasteiger partial charge >= 0.3 is 11.9 Å². The van der Waals surface area contributed by atoms with Crippen LogP contribution in [-0.4, -0.2) is 37.8 Å². The van der Waals surface area contributed by atoms with E-state index in [0.29, 0.717) is 65.0 Å². The van der Waals surface area contributed by atoms with Crippen molar-refractivity contribution < 1.29 is 29.1 Å². The zero-order valence-electron chi connectivity index (χ0n) is 25.5. The molecular weight excluding hydrogens is 570 g/mol. The second-order valence-corrected chi connectivity index (χ2v) is 11.1. The minimum Gasteiger partial charge on any atom is -0.329 e. The molecule has 0 atom stereocenters. The van der Waals surface area contributed by atoms with Crippen molar-refractivity contribution in [1.82, 2.24) is 4.57 Å². The summed E-state index contributed by atoms with van der Waals surface area (Å²) < 4.78 is 1.62. The lowest BCUT2D eigenvalue weighted by Crippen LogP contribution is -2.11. The molecule has 234 valence electrons. The van der Waals surface area contributed by atoms with E-state index in [1.54, 1.807) is 23.6 Å². The minimum absolute atomic E-state index is 0.236. The number of nitro groups is 2. The Hall–Kier alpha value is -4.68. The van der Waals surface area contributed by atoms with Crippen molar-refractivity contribution in [2.75, 3.05) is 0 Å². The van der Waals surface area contributed by atoms with Crippen molar-refractivity contribution in [2.24, 2.45) is 16.2 Å². The van der Waals surface area contributed by atoms with E-state index in [-0.39, 0.29) is 22.4 Å². The number of fused-ring (bicyclic) bond motifs is 3. The van der Waals surface area contributed by atoms with Gasteiger partial charge in [-0.15, -0.1) is 0 Å².